The Hall–Kier alpha value is -0.350. The van der Waals surface area contributed by atoms with E-state index in [0.29, 0.717) is 20.7 Å². The monoisotopic (exact) mass is 348 g/mol. The van der Waals surface area contributed by atoms with E-state index in [9.17, 15) is 4.79 Å². The molecule has 0 amide bonds. The second-order valence-corrected chi connectivity index (χ2v) is 6.48. The lowest BCUT2D eigenvalue weighted by Gasteiger charge is -2.03. The van der Waals surface area contributed by atoms with Crippen LogP contribution >= 0.6 is 50.5 Å². The summed E-state index contributed by atoms with van der Waals surface area (Å²) in [6.45, 7) is 0. The van der Waals surface area contributed by atoms with Crippen LogP contribution in [0.2, 0.25) is 9.36 Å². The highest BCUT2D eigenvalue weighted by Gasteiger charge is 2.11. The van der Waals surface area contributed by atoms with Gasteiger partial charge in [-0.2, -0.15) is 0 Å². The molecule has 1 aromatic heterocycles. The molecule has 0 saturated carbocycles. The van der Waals surface area contributed by atoms with E-state index < -0.39 is 0 Å². The standard InChI is InChI=1S/C12H7BrCl2OS/c13-8-2-1-7(9(14)6-8)5-10(16)11-3-4-12(15)17-11/h1-4,6H,5H2. The number of carbonyl (C=O) groups is 1. The smallest absolute Gasteiger partial charge is 0.177 e. The summed E-state index contributed by atoms with van der Waals surface area (Å²) in [5.74, 6) is 0.0334. The van der Waals surface area contributed by atoms with E-state index in [-0.39, 0.29) is 5.78 Å². The summed E-state index contributed by atoms with van der Waals surface area (Å²) in [5.41, 5.74) is 0.824. The van der Waals surface area contributed by atoms with Crippen LogP contribution in [0.15, 0.2) is 34.8 Å². The number of carbonyl (C=O) groups excluding carboxylic acids is 1. The number of Topliss-reactive ketones (excluding diaryl/α,β-unsaturated/α-hetero) is 1. The Balaban J connectivity index is 2.18. The zero-order valence-electron chi connectivity index (χ0n) is 8.54. The van der Waals surface area contributed by atoms with E-state index in [2.05, 4.69) is 15.9 Å². The van der Waals surface area contributed by atoms with Crippen molar-refractivity contribution in [3.63, 3.8) is 0 Å². The number of rotatable bonds is 3. The molecule has 2 rings (SSSR count). The quantitative estimate of drug-likeness (QED) is 0.692. The summed E-state index contributed by atoms with van der Waals surface area (Å²) in [7, 11) is 0. The maximum Gasteiger partial charge on any atom is 0.177 e. The van der Waals surface area contributed by atoms with Crippen LogP contribution in [0, 0.1) is 0 Å². The molecule has 17 heavy (non-hydrogen) atoms. The lowest BCUT2D eigenvalue weighted by Crippen LogP contribution is -2.01. The molecule has 0 unspecified atom stereocenters. The maximum atomic E-state index is 11.9. The molecule has 0 atom stereocenters. The molecule has 0 fully saturated rings. The molecule has 0 spiro atoms. The molecule has 2 aromatic rings. The molecule has 0 saturated heterocycles. The van der Waals surface area contributed by atoms with Crippen molar-refractivity contribution < 1.29 is 4.79 Å². The highest BCUT2D eigenvalue weighted by molar-refractivity contribution is 9.10. The topological polar surface area (TPSA) is 17.1 Å². The van der Waals surface area contributed by atoms with Crippen LogP contribution in [0.5, 0.6) is 0 Å². The summed E-state index contributed by atoms with van der Waals surface area (Å²) in [6, 6.07) is 8.96. The van der Waals surface area contributed by atoms with Crippen molar-refractivity contribution in [3.05, 3.63) is 54.6 Å². The Morgan fingerprint density at radius 2 is 2.00 bits per heavy atom. The van der Waals surface area contributed by atoms with E-state index in [1.807, 2.05) is 12.1 Å². The minimum absolute atomic E-state index is 0.0334. The number of ketones is 1. The molecule has 0 aliphatic carbocycles. The van der Waals surface area contributed by atoms with Gasteiger partial charge in [-0.1, -0.05) is 45.2 Å². The lowest BCUT2D eigenvalue weighted by atomic mass is 10.1. The average molecular weight is 350 g/mol. The Labute approximate surface area is 121 Å². The second-order valence-electron chi connectivity index (χ2n) is 3.44. The van der Waals surface area contributed by atoms with Crippen LogP contribution in [-0.4, -0.2) is 5.78 Å². The Bertz CT molecular complexity index is 565. The molecule has 0 bridgehead atoms. The van der Waals surface area contributed by atoms with Gasteiger partial charge < -0.3 is 0 Å². The number of thiophene rings is 1. The van der Waals surface area contributed by atoms with Crippen molar-refractivity contribution in [1.29, 1.82) is 0 Å². The van der Waals surface area contributed by atoms with Gasteiger partial charge in [-0.3, -0.25) is 4.79 Å². The summed E-state index contributed by atoms with van der Waals surface area (Å²) in [4.78, 5) is 12.6. The largest absolute Gasteiger partial charge is 0.293 e. The van der Waals surface area contributed by atoms with Crippen LogP contribution in [0.3, 0.4) is 0 Å². The fourth-order valence-corrected chi connectivity index (χ4v) is 3.11. The third-order valence-electron chi connectivity index (χ3n) is 2.21. The van der Waals surface area contributed by atoms with Gasteiger partial charge in [-0.05, 0) is 29.8 Å². The Morgan fingerprint density at radius 3 is 2.59 bits per heavy atom. The normalized spacial score (nSPS) is 10.5. The van der Waals surface area contributed by atoms with Gasteiger partial charge in [-0.25, -0.2) is 0 Å². The van der Waals surface area contributed by atoms with Crippen molar-refractivity contribution in [2.75, 3.05) is 0 Å². The van der Waals surface area contributed by atoms with Crippen LogP contribution < -0.4 is 0 Å². The lowest BCUT2D eigenvalue weighted by molar-refractivity contribution is 0.0997. The van der Waals surface area contributed by atoms with Crippen molar-refractivity contribution >= 4 is 56.3 Å². The summed E-state index contributed by atoms with van der Waals surface area (Å²) >= 11 is 16.5. The zero-order chi connectivity index (χ0) is 12.4. The summed E-state index contributed by atoms with van der Waals surface area (Å²) in [6.07, 6.45) is 0.295. The van der Waals surface area contributed by atoms with Gasteiger partial charge in [0.15, 0.2) is 5.78 Å². The molecule has 1 heterocycles. The third kappa shape index (κ3) is 3.32. The molecule has 1 nitrogen and oxygen atoms in total. The molecule has 0 radical (unpaired) electrons. The maximum absolute atomic E-state index is 11.9. The highest BCUT2D eigenvalue weighted by atomic mass is 79.9. The summed E-state index contributed by atoms with van der Waals surface area (Å²) < 4.78 is 1.52. The first kappa shape index (κ1) is 13.1. The fourth-order valence-electron chi connectivity index (χ4n) is 1.39. The molecule has 0 N–H and O–H groups in total. The number of halogens is 3. The van der Waals surface area contributed by atoms with Gasteiger partial charge in [0, 0.05) is 15.9 Å². The Morgan fingerprint density at radius 1 is 1.24 bits per heavy atom. The predicted octanol–water partition coefficient (Wildman–Crippen LogP) is 5.24. The summed E-state index contributed by atoms with van der Waals surface area (Å²) in [5, 5.41) is 0.593. The minimum Gasteiger partial charge on any atom is -0.293 e. The van der Waals surface area contributed by atoms with Crippen molar-refractivity contribution in [1.82, 2.24) is 0 Å². The van der Waals surface area contributed by atoms with E-state index in [0.717, 1.165) is 10.0 Å². The molecule has 1 aromatic carbocycles. The van der Waals surface area contributed by atoms with Gasteiger partial charge in [0.05, 0.1) is 9.21 Å². The van der Waals surface area contributed by atoms with E-state index in [1.165, 1.54) is 11.3 Å². The third-order valence-corrected chi connectivity index (χ3v) is 4.33. The molecular weight excluding hydrogens is 343 g/mol. The first-order valence-electron chi connectivity index (χ1n) is 4.79. The number of benzene rings is 1. The van der Waals surface area contributed by atoms with Gasteiger partial charge in [0.1, 0.15) is 0 Å². The molecule has 0 aliphatic heterocycles. The van der Waals surface area contributed by atoms with E-state index >= 15 is 0 Å². The van der Waals surface area contributed by atoms with Crippen molar-refractivity contribution in [3.8, 4) is 0 Å². The van der Waals surface area contributed by atoms with Crippen LogP contribution in [0.25, 0.3) is 0 Å². The highest BCUT2D eigenvalue weighted by Crippen LogP contribution is 2.26. The molecule has 5 heteroatoms. The second kappa shape index (κ2) is 5.53. The van der Waals surface area contributed by atoms with E-state index in [1.54, 1.807) is 18.2 Å². The number of hydrogen-bond acceptors (Lipinski definition) is 2. The van der Waals surface area contributed by atoms with Crippen LogP contribution in [-0.2, 0) is 6.42 Å². The van der Waals surface area contributed by atoms with Gasteiger partial charge >= 0.3 is 0 Å². The predicted molar refractivity (Wildman–Crippen MR) is 76.5 cm³/mol. The molecular formula is C12H7BrCl2OS. The van der Waals surface area contributed by atoms with Gasteiger partial charge in [0.25, 0.3) is 0 Å². The number of hydrogen-bond donors (Lipinski definition) is 0. The van der Waals surface area contributed by atoms with Crippen LogP contribution in [0.4, 0.5) is 0 Å². The Kier molecular flexibility index (Phi) is 4.26. The fraction of sp³-hybridized carbons (Fsp3) is 0.0833. The molecule has 88 valence electrons. The van der Waals surface area contributed by atoms with Crippen molar-refractivity contribution in [2.45, 2.75) is 6.42 Å². The van der Waals surface area contributed by atoms with E-state index in [4.69, 9.17) is 23.2 Å². The first-order valence-corrected chi connectivity index (χ1v) is 7.15. The zero-order valence-corrected chi connectivity index (χ0v) is 12.5. The minimum atomic E-state index is 0.0334. The van der Waals surface area contributed by atoms with Crippen LogP contribution in [0.1, 0.15) is 15.2 Å². The van der Waals surface area contributed by atoms with Gasteiger partial charge in [-0.15, -0.1) is 11.3 Å². The first-order chi connectivity index (χ1) is 8.06. The van der Waals surface area contributed by atoms with Crippen molar-refractivity contribution in [2.24, 2.45) is 0 Å². The average Bonchev–Trinajstić information content (AvgIpc) is 2.69. The SMILES string of the molecule is O=C(Cc1ccc(Br)cc1Cl)c1ccc(Cl)s1. The molecule has 0 aliphatic rings. The van der Waals surface area contributed by atoms with Gasteiger partial charge in [0.2, 0.25) is 0 Å².